The van der Waals surface area contributed by atoms with Crippen LogP contribution in [0.3, 0.4) is 0 Å². The topological polar surface area (TPSA) is 25.8 Å². The van der Waals surface area contributed by atoms with Crippen molar-refractivity contribution < 1.29 is 0 Å². The molecule has 0 saturated heterocycles. The first-order valence-electron chi connectivity index (χ1n) is 6.61. The van der Waals surface area contributed by atoms with E-state index in [2.05, 4.69) is 41.2 Å². The molecule has 1 atom stereocenters. The van der Waals surface area contributed by atoms with E-state index in [1.807, 2.05) is 24.0 Å². The first kappa shape index (κ1) is 12.3. The Labute approximate surface area is 117 Å². The molecule has 2 heterocycles. The summed E-state index contributed by atoms with van der Waals surface area (Å²) in [5, 5.41) is 0. The Morgan fingerprint density at radius 2 is 2.16 bits per heavy atom. The van der Waals surface area contributed by atoms with Crippen molar-refractivity contribution in [2.45, 2.75) is 25.7 Å². The van der Waals surface area contributed by atoms with Crippen LogP contribution in [0.15, 0.2) is 48.2 Å². The van der Waals surface area contributed by atoms with E-state index >= 15 is 0 Å². The van der Waals surface area contributed by atoms with Crippen molar-refractivity contribution in [2.75, 3.05) is 0 Å². The second-order valence-electron chi connectivity index (χ2n) is 4.71. The molecule has 0 bridgehead atoms. The van der Waals surface area contributed by atoms with Crippen LogP contribution in [-0.2, 0) is 0 Å². The highest BCUT2D eigenvalue weighted by atomic mass is 32.1. The van der Waals surface area contributed by atoms with Crippen LogP contribution in [0.25, 0.3) is 10.2 Å². The number of rotatable bonds is 4. The van der Waals surface area contributed by atoms with Crippen molar-refractivity contribution in [1.29, 1.82) is 0 Å². The zero-order valence-corrected chi connectivity index (χ0v) is 11.7. The lowest BCUT2D eigenvalue weighted by atomic mass is 9.88. The van der Waals surface area contributed by atoms with Gasteiger partial charge in [0.1, 0.15) is 0 Å². The third-order valence-corrected chi connectivity index (χ3v) is 4.21. The Morgan fingerprint density at radius 1 is 1.21 bits per heavy atom. The summed E-state index contributed by atoms with van der Waals surface area (Å²) in [7, 11) is 0. The van der Waals surface area contributed by atoms with Gasteiger partial charge in [-0.05, 0) is 35.7 Å². The molecule has 2 aromatic heterocycles. The van der Waals surface area contributed by atoms with Crippen molar-refractivity contribution in [2.24, 2.45) is 0 Å². The lowest BCUT2D eigenvalue weighted by Gasteiger charge is -2.16. The number of nitrogens with zero attached hydrogens (tertiary/aromatic N) is 2. The molecule has 3 aromatic rings. The number of aromatic nitrogens is 2. The van der Waals surface area contributed by atoms with Crippen LogP contribution in [0, 0.1) is 0 Å². The Kier molecular flexibility index (Phi) is 3.56. The van der Waals surface area contributed by atoms with Crippen molar-refractivity contribution in [3.05, 3.63) is 59.4 Å². The number of hydrogen-bond acceptors (Lipinski definition) is 3. The lowest BCUT2D eigenvalue weighted by Crippen LogP contribution is -2.01. The van der Waals surface area contributed by atoms with E-state index in [0.29, 0.717) is 5.92 Å². The van der Waals surface area contributed by atoms with Crippen LogP contribution >= 0.6 is 11.3 Å². The summed E-state index contributed by atoms with van der Waals surface area (Å²) in [6.07, 6.45) is 6.13. The molecule has 96 valence electrons. The average Bonchev–Trinajstić information content (AvgIpc) is 2.93. The van der Waals surface area contributed by atoms with Gasteiger partial charge in [-0.25, -0.2) is 4.98 Å². The molecule has 1 aromatic carbocycles. The second-order valence-corrected chi connectivity index (χ2v) is 5.59. The highest BCUT2D eigenvalue weighted by Gasteiger charge is 2.14. The van der Waals surface area contributed by atoms with Crippen molar-refractivity contribution >= 4 is 21.6 Å². The molecular weight excluding hydrogens is 252 g/mol. The molecule has 0 aliphatic rings. The smallest absolute Gasteiger partial charge is 0.0812 e. The van der Waals surface area contributed by atoms with E-state index in [1.165, 1.54) is 22.2 Å². The number of benzene rings is 1. The van der Waals surface area contributed by atoms with Crippen molar-refractivity contribution in [1.82, 2.24) is 9.97 Å². The van der Waals surface area contributed by atoms with Gasteiger partial charge in [0.05, 0.1) is 15.7 Å². The van der Waals surface area contributed by atoms with Gasteiger partial charge in [-0.2, -0.15) is 0 Å². The SMILES string of the molecule is CCCC(c1cccnc1)c1ccc2ncsc2c1. The first-order valence-corrected chi connectivity index (χ1v) is 7.49. The molecule has 0 aliphatic carbocycles. The highest BCUT2D eigenvalue weighted by Crippen LogP contribution is 2.31. The van der Waals surface area contributed by atoms with E-state index in [0.717, 1.165) is 11.9 Å². The molecular formula is C16H16N2S. The third kappa shape index (κ3) is 2.51. The van der Waals surface area contributed by atoms with E-state index in [1.54, 1.807) is 11.3 Å². The van der Waals surface area contributed by atoms with E-state index in [-0.39, 0.29) is 0 Å². The lowest BCUT2D eigenvalue weighted by molar-refractivity contribution is 0.696. The van der Waals surface area contributed by atoms with Gasteiger partial charge in [0.25, 0.3) is 0 Å². The summed E-state index contributed by atoms with van der Waals surface area (Å²) in [5.41, 5.74) is 5.67. The molecule has 3 heteroatoms. The largest absolute Gasteiger partial charge is 0.264 e. The van der Waals surface area contributed by atoms with Crippen LogP contribution in [0.4, 0.5) is 0 Å². The standard InChI is InChI=1S/C16H16N2S/c1-2-4-14(13-5-3-8-17-10-13)12-6-7-15-16(9-12)19-11-18-15/h3,5-11,14H,2,4H2,1H3. The van der Waals surface area contributed by atoms with E-state index < -0.39 is 0 Å². The monoisotopic (exact) mass is 268 g/mol. The Hall–Kier alpha value is -1.74. The maximum absolute atomic E-state index is 4.34. The van der Waals surface area contributed by atoms with Crippen LogP contribution in [0.5, 0.6) is 0 Å². The van der Waals surface area contributed by atoms with Gasteiger partial charge < -0.3 is 0 Å². The molecule has 0 aliphatic heterocycles. The van der Waals surface area contributed by atoms with Crippen LogP contribution < -0.4 is 0 Å². The van der Waals surface area contributed by atoms with Gasteiger partial charge in [0, 0.05) is 18.3 Å². The fourth-order valence-electron chi connectivity index (χ4n) is 2.48. The molecule has 0 radical (unpaired) electrons. The predicted molar refractivity (Wildman–Crippen MR) is 80.6 cm³/mol. The van der Waals surface area contributed by atoms with Gasteiger partial charge in [-0.3, -0.25) is 4.98 Å². The van der Waals surface area contributed by atoms with E-state index in [4.69, 9.17) is 0 Å². The zero-order valence-electron chi connectivity index (χ0n) is 10.9. The number of thiazole rings is 1. The summed E-state index contributed by atoms with van der Waals surface area (Å²) in [4.78, 5) is 8.60. The number of hydrogen-bond donors (Lipinski definition) is 0. The molecule has 0 spiro atoms. The minimum Gasteiger partial charge on any atom is -0.264 e. The van der Waals surface area contributed by atoms with Crippen molar-refractivity contribution in [3.63, 3.8) is 0 Å². The van der Waals surface area contributed by atoms with Gasteiger partial charge >= 0.3 is 0 Å². The second kappa shape index (κ2) is 5.49. The molecule has 2 nitrogen and oxygen atoms in total. The summed E-state index contributed by atoms with van der Waals surface area (Å²) < 4.78 is 1.27. The summed E-state index contributed by atoms with van der Waals surface area (Å²) >= 11 is 1.71. The number of pyridine rings is 1. The normalized spacial score (nSPS) is 12.7. The van der Waals surface area contributed by atoms with Crippen LogP contribution in [0.1, 0.15) is 36.8 Å². The Morgan fingerprint density at radius 3 is 2.95 bits per heavy atom. The minimum atomic E-state index is 0.435. The summed E-state index contributed by atoms with van der Waals surface area (Å²) in [5.74, 6) is 0.435. The van der Waals surface area contributed by atoms with E-state index in [9.17, 15) is 0 Å². The fourth-order valence-corrected chi connectivity index (χ4v) is 3.21. The molecule has 0 N–H and O–H groups in total. The molecule has 0 amide bonds. The predicted octanol–water partition coefficient (Wildman–Crippen LogP) is 4.62. The molecule has 0 saturated carbocycles. The van der Waals surface area contributed by atoms with Gasteiger partial charge in [0.2, 0.25) is 0 Å². The molecule has 1 unspecified atom stereocenters. The van der Waals surface area contributed by atoms with Crippen LogP contribution in [0.2, 0.25) is 0 Å². The van der Waals surface area contributed by atoms with Crippen LogP contribution in [-0.4, -0.2) is 9.97 Å². The molecule has 0 fully saturated rings. The summed E-state index contributed by atoms with van der Waals surface area (Å²) in [6, 6.07) is 10.8. The van der Waals surface area contributed by atoms with Gasteiger partial charge in [-0.15, -0.1) is 11.3 Å². The summed E-state index contributed by atoms with van der Waals surface area (Å²) in [6.45, 7) is 2.23. The Bertz CT molecular complexity index is 661. The maximum atomic E-state index is 4.34. The quantitative estimate of drug-likeness (QED) is 0.689. The highest BCUT2D eigenvalue weighted by molar-refractivity contribution is 7.16. The zero-order chi connectivity index (χ0) is 13.1. The van der Waals surface area contributed by atoms with Gasteiger partial charge in [0.15, 0.2) is 0 Å². The van der Waals surface area contributed by atoms with Crippen molar-refractivity contribution in [3.8, 4) is 0 Å². The minimum absolute atomic E-state index is 0.435. The Balaban J connectivity index is 2.03. The average molecular weight is 268 g/mol. The third-order valence-electron chi connectivity index (χ3n) is 3.42. The van der Waals surface area contributed by atoms with Gasteiger partial charge in [-0.1, -0.05) is 25.5 Å². The fraction of sp³-hybridized carbons (Fsp3) is 0.250. The number of fused-ring (bicyclic) bond motifs is 1. The first-order chi connectivity index (χ1) is 9.38. The maximum Gasteiger partial charge on any atom is 0.0812 e. The molecule has 3 rings (SSSR count). The molecule has 19 heavy (non-hydrogen) atoms.